The van der Waals surface area contributed by atoms with Gasteiger partial charge in [-0.1, -0.05) is 15.9 Å². The van der Waals surface area contributed by atoms with E-state index in [-0.39, 0.29) is 17.4 Å². The van der Waals surface area contributed by atoms with Gasteiger partial charge in [-0.05, 0) is 48.5 Å². The Balaban J connectivity index is 1.82. The Hall–Kier alpha value is -1.60. The van der Waals surface area contributed by atoms with Crippen LogP contribution >= 0.6 is 27.7 Å². The first kappa shape index (κ1) is 16.8. The van der Waals surface area contributed by atoms with Gasteiger partial charge < -0.3 is 10.1 Å². The number of rotatable bonds is 6. The van der Waals surface area contributed by atoms with Crippen molar-refractivity contribution in [3.05, 3.63) is 53.0 Å². The summed E-state index contributed by atoms with van der Waals surface area (Å²) in [4.78, 5) is 12.8. The second kappa shape index (κ2) is 8.14. The molecule has 1 amide bonds. The molecule has 7 heteroatoms. The first-order valence-electron chi connectivity index (χ1n) is 6.26. The fraction of sp³-hybridized carbons (Fsp3) is 0.133. The highest BCUT2D eigenvalue weighted by Crippen LogP contribution is 2.21. The van der Waals surface area contributed by atoms with Crippen LogP contribution in [0.15, 0.2) is 57.9 Å². The molecule has 0 spiro atoms. The van der Waals surface area contributed by atoms with Crippen molar-refractivity contribution in [1.29, 1.82) is 0 Å². The van der Waals surface area contributed by atoms with Gasteiger partial charge in [0.05, 0.1) is 5.75 Å². The third-order valence-electron chi connectivity index (χ3n) is 2.55. The van der Waals surface area contributed by atoms with Crippen molar-refractivity contribution >= 4 is 39.3 Å². The normalized spacial score (nSPS) is 10.5. The smallest absolute Gasteiger partial charge is 0.387 e. The molecular formula is C15H12BrF2NO2S. The van der Waals surface area contributed by atoms with Crippen molar-refractivity contribution < 1.29 is 18.3 Å². The summed E-state index contributed by atoms with van der Waals surface area (Å²) in [6, 6.07) is 13.4. The largest absolute Gasteiger partial charge is 0.435 e. The molecular weight excluding hydrogens is 376 g/mol. The maximum atomic E-state index is 12.0. The van der Waals surface area contributed by atoms with Crippen LogP contribution in [0.3, 0.4) is 0 Å². The van der Waals surface area contributed by atoms with Crippen molar-refractivity contribution in [3.63, 3.8) is 0 Å². The Morgan fingerprint density at radius 2 is 1.77 bits per heavy atom. The molecule has 0 heterocycles. The molecule has 0 aliphatic heterocycles. The van der Waals surface area contributed by atoms with E-state index in [1.165, 1.54) is 36.0 Å². The van der Waals surface area contributed by atoms with Crippen molar-refractivity contribution in [2.24, 2.45) is 0 Å². The highest BCUT2D eigenvalue weighted by atomic mass is 79.9. The zero-order valence-electron chi connectivity index (χ0n) is 11.3. The highest BCUT2D eigenvalue weighted by molar-refractivity contribution is 9.10. The molecule has 0 radical (unpaired) electrons. The van der Waals surface area contributed by atoms with Crippen LogP contribution in [0, 0.1) is 0 Å². The number of ether oxygens (including phenoxy) is 1. The van der Waals surface area contributed by atoms with E-state index >= 15 is 0 Å². The number of alkyl halides is 2. The predicted molar refractivity (Wildman–Crippen MR) is 86.6 cm³/mol. The molecule has 2 aromatic carbocycles. The Bertz CT molecular complexity index is 620. The number of anilines is 1. The molecule has 0 bridgehead atoms. The van der Waals surface area contributed by atoms with Crippen LogP contribution in [0.1, 0.15) is 0 Å². The Morgan fingerprint density at radius 1 is 1.14 bits per heavy atom. The molecule has 0 aliphatic carbocycles. The quantitative estimate of drug-likeness (QED) is 0.724. The van der Waals surface area contributed by atoms with Crippen LogP contribution in [-0.2, 0) is 4.79 Å². The molecule has 116 valence electrons. The van der Waals surface area contributed by atoms with E-state index in [9.17, 15) is 13.6 Å². The third-order valence-corrected chi connectivity index (χ3v) is 4.09. The maximum Gasteiger partial charge on any atom is 0.387 e. The number of carbonyl (C=O) groups is 1. The van der Waals surface area contributed by atoms with Crippen LogP contribution in [0.5, 0.6) is 5.75 Å². The number of amides is 1. The summed E-state index contributed by atoms with van der Waals surface area (Å²) in [6.07, 6.45) is 0. The minimum atomic E-state index is -2.86. The first-order chi connectivity index (χ1) is 10.5. The van der Waals surface area contributed by atoms with Gasteiger partial charge >= 0.3 is 6.61 Å². The van der Waals surface area contributed by atoms with Crippen molar-refractivity contribution in [2.45, 2.75) is 11.5 Å². The van der Waals surface area contributed by atoms with E-state index in [1.54, 1.807) is 0 Å². The maximum absolute atomic E-state index is 12.0. The van der Waals surface area contributed by atoms with Crippen molar-refractivity contribution in [1.82, 2.24) is 0 Å². The lowest BCUT2D eigenvalue weighted by molar-refractivity contribution is -0.113. The molecule has 22 heavy (non-hydrogen) atoms. The van der Waals surface area contributed by atoms with Gasteiger partial charge in [0.15, 0.2) is 0 Å². The minimum absolute atomic E-state index is 0.0530. The summed E-state index contributed by atoms with van der Waals surface area (Å²) in [7, 11) is 0. The number of hydrogen-bond donors (Lipinski definition) is 1. The second-order valence-electron chi connectivity index (χ2n) is 4.19. The molecule has 0 fully saturated rings. The topological polar surface area (TPSA) is 38.3 Å². The number of benzene rings is 2. The minimum Gasteiger partial charge on any atom is -0.435 e. The van der Waals surface area contributed by atoms with Gasteiger partial charge in [-0.3, -0.25) is 4.79 Å². The summed E-state index contributed by atoms with van der Waals surface area (Å²) in [5.41, 5.74) is 0.531. The molecule has 2 aromatic rings. The average molecular weight is 388 g/mol. The summed E-state index contributed by atoms with van der Waals surface area (Å²) in [5.74, 6) is 0.143. The molecule has 0 unspecified atom stereocenters. The van der Waals surface area contributed by atoms with E-state index in [4.69, 9.17) is 0 Å². The van der Waals surface area contributed by atoms with Gasteiger partial charge in [-0.15, -0.1) is 11.8 Å². The summed E-state index contributed by atoms with van der Waals surface area (Å²) in [5, 5.41) is 2.69. The first-order valence-corrected chi connectivity index (χ1v) is 8.04. The Morgan fingerprint density at radius 3 is 2.36 bits per heavy atom. The number of thioether (sulfide) groups is 1. The number of carbonyl (C=O) groups excluding carboxylic acids is 1. The Kier molecular flexibility index (Phi) is 6.21. The molecule has 0 saturated carbocycles. The van der Waals surface area contributed by atoms with Crippen LogP contribution in [0.4, 0.5) is 14.5 Å². The van der Waals surface area contributed by atoms with Crippen molar-refractivity contribution in [2.75, 3.05) is 11.1 Å². The van der Waals surface area contributed by atoms with E-state index < -0.39 is 6.61 Å². The molecule has 2 rings (SSSR count). The van der Waals surface area contributed by atoms with E-state index in [1.807, 2.05) is 24.3 Å². The monoisotopic (exact) mass is 387 g/mol. The third kappa shape index (κ3) is 5.65. The zero-order chi connectivity index (χ0) is 15.9. The summed E-state index contributed by atoms with van der Waals surface area (Å²) < 4.78 is 29.3. The van der Waals surface area contributed by atoms with Gasteiger partial charge in [0.25, 0.3) is 0 Å². The molecule has 0 aliphatic rings. The highest BCUT2D eigenvalue weighted by Gasteiger charge is 2.06. The van der Waals surface area contributed by atoms with Crippen LogP contribution in [0.25, 0.3) is 0 Å². The van der Waals surface area contributed by atoms with Gasteiger partial charge in [-0.2, -0.15) is 8.78 Å². The number of nitrogens with one attached hydrogen (secondary N) is 1. The summed E-state index contributed by atoms with van der Waals surface area (Å²) in [6.45, 7) is -2.86. The average Bonchev–Trinajstić information content (AvgIpc) is 2.48. The SMILES string of the molecule is O=C(CSc1ccc(Br)cc1)Nc1ccc(OC(F)F)cc1. The van der Waals surface area contributed by atoms with E-state index in [0.29, 0.717) is 5.69 Å². The molecule has 0 saturated heterocycles. The molecule has 1 N–H and O–H groups in total. The van der Waals surface area contributed by atoms with E-state index in [2.05, 4.69) is 26.0 Å². The second-order valence-corrected chi connectivity index (χ2v) is 6.16. The van der Waals surface area contributed by atoms with Crippen LogP contribution in [0.2, 0.25) is 0 Å². The number of hydrogen-bond acceptors (Lipinski definition) is 3. The lowest BCUT2D eigenvalue weighted by Crippen LogP contribution is -2.13. The van der Waals surface area contributed by atoms with Gasteiger partial charge in [0.2, 0.25) is 5.91 Å². The zero-order valence-corrected chi connectivity index (χ0v) is 13.7. The molecule has 0 atom stereocenters. The van der Waals surface area contributed by atoms with E-state index in [0.717, 1.165) is 9.37 Å². The molecule has 0 aromatic heterocycles. The lowest BCUT2D eigenvalue weighted by Gasteiger charge is -2.07. The van der Waals surface area contributed by atoms with Crippen molar-refractivity contribution in [3.8, 4) is 5.75 Å². The van der Waals surface area contributed by atoms with Gasteiger partial charge in [-0.25, -0.2) is 0 Å². The predicted octanol–water partition coefficient (Wildman–Crippen LogP) is 4.78. The summed E-state index contributed by atoms with van der Waals surface area (Å²) >= 11 is 4.76. The Labute approximate surface area is 139 Å². The van der Waals surface area contributed by atoms with Crippen LogP contribution in [-0.4, -0.2) is 18.3 Å². The van der Waals surface area contributed by atoms with Gasteiger partial charge in [0.1, 0.15) is 5.75 Å². The molecule has 3 nitrogen and oxygen atoms in total. The van der Waals surface area contributed by atoms with Gasteiger partial charge in [0, 0.05) is 15.1 Å². The fourth-order valence-electron chi connectivity index (χ4n) is 1.60. The lowest BCUT2D eigenvalue weighted by atomic mass is 10.3. The fourth-order valence-corrected chi connectivity index (χ4v) is 2.56. The number of halogens is 3. The van der Waals surface area contributed by atoms with Crippen LogP contribution < -0.4 is 10.1 Å². The standard InChI is InChI=1S/C15H12BrF2NO2S/c16-10-1-7-13(8-2-10)22-9-14(20)19-11-3-5-12(6-4-11)21-15(17)18/h1-8,15H,9H2,(H,19,20).